The summed E-state index contributed by atoms with van der Waals surface area (Å²) < 4.78 is 21.9. The van der Waals surface area contributed by atoms with Gasteiger partial charge in [-0.2, -0.15) is 0 Å². The third-order valence-electron chi connectivity index (χ3n) is 4.09. The fourth-order valence-electron chi connectivity index (χ4n) is 2.25. The van der Waals surface area contributed by atoms with Crippen LogP contribution < -0.4 is 9.47 Å². The van der Waals surface area contributed by atoms with Gasteiger partial charge in [0.2, 0.25) is 0 Å². The first-order valence-corrected chi connectivity index (χ1v) is 17.1. The molecule has 0 heterocycles. The molecule has 29 heavy (non-hydrogen) atoms. The van der Waals surface area contributed by atoms with E-state index in [2.05, 4.69) is 39.3 Å². The highest BCUT2D eigenvalue weighted by molar-refractivity contribution is 6.76. The van der Waals surface area contributed by atoms with Crippen molar-refractivity contribution in [2.75, 3.05) is 26.8 Å². The zero-order chi connectivity index (χ0) is 22.1. The molecule has 0 fully saturated rings. The second-order valence-electron chi connectivity index (χ2n) is 9.24. The van der Waals surface area contributed by atoms with Crippen LogP contribution in [0.4, 0.5) is 0 Å². The summed E-state index contributed by atoms with van der Waals surface area (Å²) in [5.74, 6) is -1.05. The largest absolute Gasteiger partial charge is 0.478 e. The molecule has 0 aliphatic rings. The Kier molecular flexibility index (Phi) is 10.0. The zero-order valence-electron chi connectivity index (χ0n) is 18.4. The monoisotopic (exact) mass is 442 g/mol. The lowest BCUT2D eigenvalue weighted by Crippen LogP contribution is -2.22. The summed E-state index contributed by atoms with van der Waals surface area (Å²) in [6.45, 7) is 14.4. The lowest BCUT2D eigenvalue weighted by atomic mass is 10.1. The average Bonchev–Trinajstić information content (AvgIpc) is 2.59. The maximum absolute atomic E-state index is 11.7. The average molecular weight is 443 g/mol. The van der Waals surface area contributed by atoms with Crippen LogP contribution in [-0.2, 0) is 9.47 Å². The molecule has 1 N–H and O–H groups in total. The molecule has 0 amide bonds. The molecule has 0 saturated carbocycles. The molecule has 1 aromatic carbocycles. The molecule has 9 heteroatoms. The van der Waals surface area contributed by atoms with Crippen molar-refractivity contribution in [3.8, 4) is 11.5 Å². The highest BCUT2D eigenvalue weighted by atomic mass is 28.3. The summed E-state index contributed by atoms with van der Waals surface area (Å²) in [6.07, 6.45) is 0.458. The topological polar surface area (TPSA) is 91.3 Å². The van der Waals surface area contributed by atoms with Crippen molar-refractivity contribution < 1.29 is 33.6 Å². The van der Waals surface area contributed by atoms with Crippen molar-refractivity contribution in [1.29, 1.82) is 0 Å². The Labute approximate surface area is 175 Å². The van der Waals surface area contributed by atoms with Crippen LogP contribution in [0.15, 0.2) is 12.1 Å². The first-order chi connectivity index (χ1) is 13.4. The summed E-state index contributed by atoms with van der Waals surface area (Å²) in [4.78, 5) is 23.3. The molecule has 0 atom stereocenters. The molecule has 0 radical (unpaired) electrons. The maximum atomic E-state index is 11.7. The molecule has 0 aromatic heterocycles. The summed E-state index contributed by atoms with van der Waals surface area (Å²) in [6, 6.07) is 4.94. The van der Waals surface area contributed by atoms with Gasteiger partial charge < -0.3 is 24.1 Å². The predicted octanol–water partition coefficient (Wildman–Crippen LogP) is 4.58. The van der Waals surface area contributed by atoms with Crippen molar-refractivity contribution in [3.05, 3.63) is 23.3 Å². The Morgan fingerprint density at radius 3 is 1.76 bits per heavy atom. The van der Waals surface area contributed by atoms with Gasteiger partial charge in [0.05, 0.1) is 5.56 Å². The minimum Gasteiger partial charge on any atom is -0.478 e. The number of hydrogen-bond donors (Lipinski definition) is 1. The molecule has 1 rings (SSSR count). The maximum Gasteiger partial charge on any atom is 0.340 e. The minimum absolute atomic E-state index is 0.0512. The number of carboxylic acids is 1. The molecule has 0 bridgehead atoms. The quantitative estimate of drug-likeness (QED) is 0.195. The van der Waals surface area contributed by atoms with Gasteiger partial charge in [-0.1, -0.05) is 39.3 Å². The smallest absolute Gasteiger partial charge is 0.340 e. The second-order valence-corrected chi connectivity index (χ2v) is 20.5. The van der Waals surface area contributed by atoms with E-state index in [1.54, 1.807) is 0 Å². The van der Waals surface area contributed by atoms with E-state index in [9.17, 15) is 14.7 Å². The Hall–Kier alpha value is -1.69. The molecular weight excluding hydrogens is 408 g/mol. The van der Waals surface area contributed by atoms with Gasteiger partial charge in [-0.05, 0) is 24.2 Å². The molecule has 0 spiro atoms. The van der Waals surface area contributed by atoms with Gasteiger partial charge in [0.25, 0.3) is 0 Å². The van der Waals surface area contributed by atoms with Gasteiger partial charge in [0.1, 0.15) is 17.1 Å². The van der Waals surface area contributed by atoms with Crippen LogP contribution in [0.5, 0.6) is 11.5 Å². The number of aromatic carboxylic acids is 1. The van der Waals surface area contributed by atoms with E-state index in [0.717, 1.165) is 12.1 Å². The van der Waals surface area contributed by atoms with E-state index in [4.69, 9.17) is 18.9 Å². The normalized spacial score (nSPS) is 11.9. The van der Waals surface area contributed by atoms with Crippen LogP contribution in [-0.4, -0.2) is 60.3 Å². The van der Waals surface area contributed by atoms with Gasteiger partial charge in [0, 0.05) is 29.4 Å². The number of carbonyl (C=O) groups is 2. The van der Waals surface area contributed by atoms with E-state index in [1.807, 2.05) is 0 Å². The fraction of sp³-hybridized carbons (Fsp3) is 0.600. The van der Waals surface area contributed by atoms with Crippen molar-refractivity contribution in [2.45, 2.75) is 51.4 Å². The molecule has 164 valence electrons. The predicted molar refractivity (Wildman–Crippen MR) is 118 cm³/mol. The standard InChI is InChI=1S/C20H34O7Si2/c1-28(2,3)11-9-24-14-26-17-7-8-18(19(20(22)23)16(17)13-21)27-15-25-10-12-29(4,5)6/h7-8,13H,9-12,14-15H2,1-6H3,(H,22,23). The molecule has 7 nitrogen and oxygen atoms in total. The number of aldehydes is 1. The molecule has 1 aromatic rings. The van der Waals surface area contributed by atoms with E-state index in [-0.39, 0.29) is 36.2 Å². The van der Waals surface area contributed by atoms with Crippen LogP contribution in [0, 0.1) is 0 Å². The lowest BCUT2D eigenvalue weighted by Gasteiger charge is -2.17. The van der Waals surface area contributed by atoms with E-state index in [1.165, 1.54) is 12.1 Å². The second kappa shape index (κ2) is 11.5. The van der Waals surface area contributed by atoms with Gasteiger partial charge >= 0.3 is 5.97 Å². The third-order valence-corrected chi connectivity index (χ3v) is 7.50. The Morgan fingerprint density at radius 1 is 0.897 bits per heavy atom. The van der Waals surface area contributed by atoms with Crippen LogP contribution in [0.1, 0.15) is 20.7 Å². The SMILES string of the molecule is C[Si](C)(C)CCOCOc1ccc(OCOCC[Si](C)(C)C)c(C(=O)O)c1C=O. The Balaban J connectivity index is 2.73. The van der Waals surface area contributed by atoms with E-state index in [0.29, 0.717) is 19.5 Å². The van der Waals surface area contributed by atoms with Crippen molar-refractivity contribution in [3.63, 3.8) is 0 Å². The number of ether oxygens (including phenoxy) is 4. The number of benzene rings is 1. The molecule has 0 unspecified atom stereocenters. The molecule has 0 aliphatic heterocycles. The highest BCUT2D eigenvalue weighted by Crippen LogP contribution is 2.30. The van der Waals surface area contributed by atoms with Gasteiger partial charge in [0.15, 0.2) is 19.9 Å². The van der Waals surface area contributed by atoms with Gasteiger partial charge in [-0.15, -0.1) is 0 Å². The Morgan fingerprint density at radius 2 is 1.34 bits per heavy atom. The fourth-order valence-corrected chi connectivity index (χ4v) is 3.76. The summed E-state index contributed by atoms with van der Waals surface area (Å²) in [5, 5.41) is 9.55. The molecular formula is C20H34O7Si2. The first kappa shape index (κ1) is 25.4. The Bertz CT molecular complexity index is 679. The number of carboxylic acid groups (broad SMARTS) is 1. The van der Waals surface area contributed by atoms with Crippen LogP contribution >= 0.6 is 0 Å². The third kappa shape index (κ3) is 10.1. The van der Waals surface area contributed by atoms with Crippen LogP contribution in [0.25, 0.3) is 0 Å². The number of rotatable bonds is 14. The van der Waals surface area contributed by atoms with Crippen molar-refractivity contribution >= 4 is 28.4 Å². The van der Waals surface area contributed by atoms with Crippen LogP contribution in [0.3, 0.4) is 0 Å². The molecule has 0 aliphatic carbocycles. The molecule has 0 saturated heterocycles. The van der Waals surface area contributed by atoms with E-state index >= 15 is 0 Å². The highest BCUT2D eigenvalue weighted by Gasteiger charge is 2.21. The summed E-state index contributed by atoms with van der Waals surface area (Å²) in [5.41, 5.74) is -0.320. The van der Waals surface area contributed by atoms with Crippen LogP contribution in [0.2, 0.25) is 51.4 Å². The van der Waals surface area contributed by atoms with Gasteiger partial charge in [-0.25, -0.2) is 4.79 Å². The zero-order valence-corrected chi connectivity index (χ0v) is 20.4. The first-order valence-electron chi connectivity index (χ1n) is 9.71. The number of hydrogen-bond acceptors (Lipinski definition) is 6. The lowest BCUT2D eigenvalue weighted by molar-refractivity contribution is 0.0183. The summed E-state index contributed by atoms with van der Waals surface area (Å²) in [7, 11) is -2.42. The van der Waals surface area contributed by atoms with E-state index < -0.39 is 22.1 Å². The minimum atomic E-state index is -1.27. The van der Waals surface area contributed by atoms with Crippen molar-refractivity contribution in [2.24, 2.45) is 0 Å². The number of carbonyl (C=O) groups excluding carboxylic acids is 1. The van der Waals surface area contributed by atoms with Crippen molar-refractivity contribution in [1.82, 2.24) is 0 Å². The van der Waals surface area contributed by atoms with Gasteiger partial charge in [-0.3, -0.25) is 4.79 Å². The summed E-state index contributed by atoms with van der Waals surface area (Å²) >= 11 is 0.